The molecule has 2 saturated carbocycles. The Kier molecular flexibility index (Phi) is 4.61. The highest BCUT2D eigenvalue weighted by Gasteiger charge is 2.40. The predicted molar refractivity (Wildman–Crippen MR) is 80.2 cm³/mol. The fraction of sp³-hybridized carbons (Fsp3) is 0.938. The van der Waals surface area contributed by atoms with E-state index in [-0.39, 0.29) is 0 Å². The van der Waals surface area contributed by atoms with Crippen LogP contribution in [0.4, 0.5) is 0 Å². The molecule has 2 bridgehead atoms. The van der Waals surface area contributed by atoms with E-state index in [1.807, 2.05) is 0 Å². The van der Waals surface area contributed by atoms with Gasteiger partial charge in [0.25, 0.3) is 0 Å². The topological polar surface area (TPSA) is 49.6 Å². The summed E-state index contributed by atoms with van der Waals surface area (Å²) in [5.41, 5.74) is 5.55. The minimum Gasteiger partial charge on any atom is -0.340 e. The largest absolute Gasteiger partial charge is 0.340 e. The Balaban J connectivity index is 1.40. The van der Waals surface area contributed by atoms with Gasteiger partial charge in [-0.3, -0.25) is 9.69 Å². The summed E-state index contributed by atoms with van der Waals surface area (Å²) in [5, 5.41) is 0. The summed E-state index contributed by atoms with van der Waals surface area (Å²) in [6, 6.07) is 0. The van der Waals surface area contributed by atoms with Crippen LogP contribution in [0.2, 0.25) is 0 Å². The number of fused-ring (bicyclic) bond motifs is 2. The smallest absolute Gasteiger partial charge is 0.222 e. The lowest BCUT2D eigenvalue weighted by atomic mass is 9.86. The van der Waals surface area contributed by atoms with Crippen molar-refractivity contribution in [1.82, 2.24) is 9.80 Å². The minimum absolute atomic E-state index is 0.418. The van der Waals surface area contributed by atoms with Crippen molar-refractivity contribution in [3.63, 3.8) is 0 Å². The van der Waals surface area contributed by atoms with E-state index in [2.05, 4.69) is 9.80 Å². The van der Waals surface area contributed by atoms with E-state index in [0.717, 1.165) is 63.9 Å². The van der Waals surface area contributed by atoms with Crippen molar-refractivity contribution in [2.75, 3.05) is 39.3 Å². The molecule has 0 aromatic heterocycles. The summed E-state index contributed by atoms with van der Waals surface area (Å²) in [6.45, 7) is 5.76. The molecule has 2 aliphatic carbocycles. The first-order chi connectivity index (χ1) is 9.76. The molecule has 0 spiro atoms. The number of hydrogen-bond donors (Lipinski definition) is 1. The van der Waals surface area contributed by atoms with Crippen LogP contribution in [0.5, 0.6) is 0 Å². The maximum absolute atomic E-state index is 12.4. The molecule has 0 aromatic rings. The van der Waals surface area contributed by atoms with Crippen LogP contribution in [0.3, 0.4) is 0 Å². The molecule has 0 aromatic carbocycles. The standard InChI is InChI=1S/C16H29N3O/c17-4-1-5-18-6-8-19(9-7-18)16(20)12-15-11-13-2-3-14(15)10-13/h13-15H,1-12,17H2. The molecule has 1 amide bonds. The van der Waals surface area contributed by atoms with Crippen molar-refractivity contribution in [2.45, 2.75) is 38.5 Å². The highest BCUT2D eigenvalue weighted by atomic mass is 16.2. The molecular formula is C16H29N3O. The molecule has 20 heavy (non-hydrogen) atoms. The molecule has 0 radical (unpaired) electrons. The summed E-state index contributed by atoms with van der Waals surface area (Å²) < 4.78 is 0. The third-order valence-electron chi connectivity index (χ3n) is 5.72. The van der Waals surface area contributed by atoms with Gasteiger partial charge in [0, 0.05) is 32.6 Å². The van der Waals surface area contributed by atoms with E-state index in [1.165, 1.54) is 25.7 Å². The maximum Gasteiger partial charge on any atom is 0.222 e. The Morgan fingerprint density at radius 3 is 2.50 bits per heavy atom. The number of nitrogens with zero attached hydrogens (tertiary/aromatic N) is 2. The molecular weight excluding hydrogens is 250 g/mol. The molecule has 3 atom stereocenters. The highest BCUT2D eigenvalue weighted by molar-refractivity contribution is 5.76. The van der Waals surface area contributed by atoms with Gasteiger partial charge in [-0.15, -0.1) is 0 Å². The molecule has 2 N–H and O–H groups in total. The number of hydrogen-bond acceptors (Lipinski definition) is 3. The molecule has 3 unspecified atom stereocenters. The molecule has 4 heteroatoms. The fourth-order valence-corrected chi connectivity index (χ4v) is 4.52. The summed E-state index contributed by atoms with van der Waals surface area (Å²) in [6.07, 6.45) is 7.44. The zero-order valence-corrected chi connectivity index (χ0v) is 12.6. The molecule has 3 rings (SSSR count). The number of rotatable bonds is 5. The van der Waals surface area contributed by atoms with Crippen molar-refractivity contribution in [3.8, 4) is 0 Å². The number of carbonyl (C=O) groups excluding carboxylic acids is 1. The SMILES string of the molecule is NCCCN1CCN(C(=O)CC2CC3CCC2C3)CC1. The van der Waals surface area contributed by atoms with Crippen LogP contribution in [0.25, 0.3) is 0 Å². The van der Waals surface area contributed by atoms with Gasteiger partial charge >= 0.3 is 0 Å². The number of piperazine rings is 1. The Bertz CT molecular complexity index is 339. The second kappa shape index (κ2) is 6.44. The van der Waals surface area contributed by atoms with Gasteiger partial charge in [-0.2, -0.15) is 0 Å². The lowest BCUT2D eigenvalue weighted by molar-refractivity contribution is -0.134. The molecule has 1 saturated heterocycles. The van der Waals surface area contributed by atoms with Crippen LogP contribution in [-0.4, -0.2) is 55.0 Å². The summed E-state index contributed by atoms with van der Waals surface area (Å²) >= 11 is 0. The normalized spacial score (nSPS) is 33.9. The van der Waals surface area contributed by atoms with Crippen LogP contribution in [0.15, 0.2) is 0 Å². The lowest BCUT2D eigenvalue weighted by Crippen LogP contribution is -2.49. The van der Waals surface area contributed by atoms with Gasteiger partial charge in [0.2, 0.25) is 5.91 Å². The average molecular weight is 279 g/mol. The monoisotopic (exact) mass is 279 g/mol. The number of nitrogens with two attached hydrogens (primary N) is 1. The average Bonchev–Trinajstić information content (AvgIpc) is 3.08. The first kappa shape index (κ1) is 14.3. The van der Waals surface area contributed by atoms with Gasteiger partial charge in [0.05, 0.1) is 0 Å². The summed E-state index contributed by atoms with van der Waals surface area (Å²) in [7, 11) is 0. The Morgan fingerprint density at radius 1 is 1.10 bits per heavy atom. The molecule has 3 aliphatic rings. The molecule has 114 valence electrons. The zero-order chi connectivity index (χ0) is 13.9. The number of amides is 1. The third kappa shape index (κ3) is 3.17. The first-order valence-corrected chi connectivity index (χ1v) is 8.46. The summed E-state index contributed by atoms with van der Waals surface area (Å²) in [5.74, 6) is 2.94. The van der Waals surface area contributed by atoms with Gasteiger partial charge < -0.3 is 10.6 Å². The van der Waals surface area contributed by atoms with Gasteiger partial charge in [0.1, 0.15) is 0 Å². The van der Waals surface area contributed by atoms with Gasteiger partial charge in [-0.05, 0) is 56.5 Å². The van der Waals surface area contributed by atoms with Crippen molar-refractivity contribution in [1.29, 1.82) is 0 Å². The van der Waals surface area contributed by atoms with Crippen molar-refractivity contribution < 1.29 is 4.79 Å². The quantitative estimate of drug-likeness (QED) is 0.825. The van der Waals surface area contributed by atoms with E-state index >= 15 is 0 Å². The molecule has 4 nitrogen and oxygen atoms in total. The van der Waals surface area contributed by atoms with Gasteiger partial charge in [0.15, 0.2) is 0 Å². The van der Waals surface area contributed by atoms with Crippen LogP contribution in [-0.2, 0) is 4.79 Å². The van der Waals surface area contributed by atoms with Crippen molar-refractivity contribution >= 4 is 5.91 Å². The van der Waals surface area contributed by atoms with Gasteiger partial charge in [-0.1, -0.05) is 6.42 Å². The van der Waals surface area contributed by atoms with Crippen molar-refractivity contribution in [3.05, 3.63) is 0 Å². The Morgan fingerprint density at radius 2 is 1.90 bits per heavy atom. The second-order valence-electron chi connectivity index (χ2n) is 7.00. The highest BCUT2D eigenvalue weighted by Crippen LogP contribution is 2.49. The molecule has 3 fully saturated rings. The molecule has 1 heterocycles. The lowest BCUT2D eigenvalue weighted by Gasteiger charge is -2.35. The van der Waals surface area contributed by atoms with E-state index in [0.29, 0.717) is 11.8 Å². The molecule has 1 aliphatic heterocycles. The van der Waals surface area contributed by atoms with Gasteiger partial charge in [-0.25, -0.2) is 0 Å². The third-order valence-corrected chi connectivity index (χ3v) is 5.72. The zero-order valence-electron chi connectivity index (χ0n) is 12.6. The fourth-order valence-electron chi connectivity index (χ4n) is 4.52. The first-order valence-electron chi connectivity index (χ1n) is 8.46. The number of carbonyl (C=O) groups is 1. The van der Waals surface area contributed by atoms with E-state index < -0.39 is 0 Å². The van der Waals surface area contributed by atoms with E-state index in [4.69, 9.17) is 5.73 Å². The minimum atomic E-state index is 0.418. The predicted octanol–water partition coefficient (Wildman–Crippen LogP) is 1.31. The van der Waals surface area contributed by atoms with E-state index in [9.17, 15) is 4.79 Å². The van der Waals surface area contributed by atoms with Crippen LogP contribution in [0, 0.1) is 17.8 Å². The Labute approximate surface area is 122 Å². The Hall–Kier alpha value is -0.610. The van der Waals surface area contributed by atoms with E-state index in [1.54, 1.807) is 0 Å². The van der Waals surface area contributed by atoms with Crippen LogP contribution < -0.4 is 5.73 Å². The summed E-state index contributed by atoms with van der Waals surface area (Å²) in [4.78, 5) is 17.0. The van der Waals surface area contributed by atoms with Crippen molar-refractivity contribution in [2.24, 2.45) is 23.5 Å². The van der Waals surface area contributed by atoms with Crippen LogP contribution in [0.1, 0.15) is 38.5 Å². The maximum atomic E-state index is 12.4. The van der Waals surface area contributed by atoms with Crippen LogP contribution >= 0.6 is 0 Å². The second-order valence-corrected chi connectivity index (χ2v) is 7.00.